The van der Waals surface area contributed by atoms with Crippen LogP contribution < -0.4 is 5.32 Å². The number of hydrogen-bond donors (Lipinski definition) is 2. The molecule has 0 saturated carbocycles. The van der Waals surface area contributed by atoms with Crippen LogP contribution in [0.3, 0.4) is 0 Å². The Balaban J connectivity index is 2.22. The van der Waals surface area contributed by atoms with Gasteiger partial charge in [-0.2, -0.15) is 0 Å². The van der Waals surface area contributed by atoms with Crippen LogP contribution in [0.1, 0.15) is 10.4 Å². The Labute approximate surface area is 113 Å². The summed E-state index contributed by atoms with van der Waals surface area (Å²) in [4.78, 5) is 15.8. The molecular formula is C12H8Cl2N2O2. The summed E-state index contributed by atoms with van der Waals surface area (Å²) in [5.41, 5.74) is 0.305. The number of carbonyl (C=O) groups excluding carboxylic acids is 1. The number of aromatic nitrogens is 1. The third-order valence-electron chi connectivity index (χ3n) is 2.20. The molecule has 6 heteroatoms. The second-order valence-electron chi connectivity index (χ2n) is 3.45. The summed E-state index contributed by atoms with van der Waals surface area (Å²) in [5.74, 6) is -0.213. The molecule has 2 N–H and O–H groups in total. The largest absolute Gasteiger partial charge is 0.506 e. The Hall–Kier alpha value is -1.78. The maximum absolute atomic E-state index is 11.9. The van der Waals surface area contributed by atoms with E-state index in [-0.39, 0.29) is 16.6 Å². The first-order chi connectivity index (χ1) is 8.58. The van der Waals surface area contributed by atoms with Gasteiger partial charge in [-0.15, -0.1) is 0 Å². The van der Waals surface area contributed by atoms with Gasteiger partial charge in [0.25, 0.3) is 5.91 Å². The second kappa shape index (κ2) is 5.25. The lowest BCUT2D eigenvalue weighted by Crippen LogP contribution is -2.13. The maximum atomic E-state index is 11.9. The van der Waals surface area contributed by atoms with E-state index in [4.69, 9.17) is 23.2 Å². The predicted molar refractivity (Wildman–Crippen MR) is 70.3 cm³/mol. The molecule has 1 heterocycles. The first-order valence-corrected chi connectivity index (χ1v) is 5.74. The molecule has 0 bridgehead atoms. The first kappa shape index (κ1) is 12.7. The number of pyridine rings is 1. The number of benzene rings is 1. The summed E-state index contributed by atoms with van der Waals surface area (Å²) in [6.45, 7) is 0. The number of phenols is 1. The maximum Gasteiger partial charge on any atom is 0.256 e. The highest BCUT2D eigenvalue weighted by Gasteiger charge is 2.10. The molecule has 18 heavy (non-hydrogen) atoms. The molecule has 0 unspecified atom stereocenters. The number of aromatic hydroxyl groups is 1. The first-order valence-electron chi connectivity index (χ1n) is 4.98. The van der Waals surface area contributed by atoms with Crippen LogP contribution in [0.2, 0.25) is 10.0 Å². The van der Waals surface area contributed by atoms with Crippen molar-refractivity contribution in [2.75, 3.05) is 5.32 Å². The summed E-state index contributed by atoms with van der Waals surface area (Å²) in [7, 11) is 0. The summed E-state index contributed by atoms with van der Waals surface area (Å²) in [6, 6.07) is 7.44. The van der Waals surface area contributed by atoms with Crippen LogP contribution in [0, 0.1) is 0 Å². The van der Waals surface area contributed by atoms with Crippen LogP contribution in [0.4, 0.5) is 5.82 Å². The Morgan fingerprint density at radius 2 is 2.00 bits per heavy atom. The molecule has 0 radical (unpaired) electrons. The minimum Gasteiger partial charge on any atom is -0.506 e. The van der Waals surface area contributed by atoms with Crippen LogP contribution in [-0.2, 0) is 0 Å². The number of rotatable bonds is 2. The Bertz CT molecular complexity index is 602. The van der Waals surface area contributed by atoms with Crippen molar-refractivity contribution in [2.24, 2.45) is 0 Å². The summed E-state index contributed by atoms with van der Waals surface area (Å²) in [6.07, 6.45) is 1.52. The van der Waals surface area contributed by atoms with Gasteiger partial charge in [-0.25, -0.2) is 4.98 Å². The van der Waals surface area contributed by atoms with Crippen molar-refractivity contribution in [1.29, 1.82) is 0 Å². The van der Waals surface area contributed by atoms with E-state index < -0.39 is 5.91 Å². The van der Waals surface area contributed by atoms with E-state index in [1.165, 1.54) is 24.4 Å². The molecule has 2 aromatic rings. The fraction of sp³-hybridized carbons (Fsp3) is 0. The van der Waals surface area contributed by atoms with Crippen LogP contribution in [-0.4, -0.2) is 16.0 Å². The van der Waals surface area contributed by atoms with Gasteiger partial charge in [0.2, 0.25) is 0 Å². The number of phenolic OH excluding ortho intramolecular Hbond substituents is 1. The molecular weight excluding hydrogens is 275 g/mol. The molecule has 4 nitrogen and oxygen atoms in total. The van der Waals surface area contributed by atoms with Crippen LogP contribution in [0.5, 0.6) is 5.75 Å². The van der Waals surface area contributed by atoms with Gasteiger partial charge in [0, 0.05) is 11.8 Å². The Morgan fingerprint density at radius 3 is 2.67 bits per heavy atom. The van der Waals surface area contributed by atoms with Crippen molar-refractivity contribution >= 4 is 34.9 Å². The Kier molecular flexibility index (Phi) is 3.69. The van der Waals surface area contributed by atoms with Crippen molar-refractivity contribution < 1.29 is 9.90 Å². The van der Waals surface area contributed by atoms with Crippen molar-refractivity contribution in [3.63, 3.8) is 0 Å². The lowest BCUT2D eigenvalue weighted by Gasteiger charge is -2.06. The molecule has 1 aromatic heterocycles. The number of carbonyl (C=O) groups is 1. The summed E-state index contributed by atoms with van der Waals surface area (Å²) >= 11 is 11.6. The lowest BCUT2D eigenvalue weighted by molar-refractivity contribution is 0.102. The molecule has 2 rings (SSSR count). The van der Waals surface area contributed by atoms with Crippen LogP contribution in [0.15, 0.2) is 36.5 Å². The van der Waals surface area contributed by atoms with Gasteiger partial charge in [0.15, 0.2) is 5.82 Å². The number of hydrogen-bond acceptors (Lipinski definition) is 3. The molecule has 0 saturated heterocycles. The highest BCUT2D eigenvalue weighted by atomic mass is 35.5. The number of nitrogens with zero attached hydrogens (tertiary/aromatic N) is 1. The average Bonchev–Trinajstić information content (AvgIpc) is 2.35. The van der Waals surface area contributed by atoms with Gasteiger partial charge in [0.1, 0.15) is 5.75 Å². The fourth-order valence-electron chi connectivity index (χ4n) is 1.31. The highest BCUT2D eigenvalue weighted by Crippen LogP contribution is 2.24. The van der Waals surface area contributed by atoms with Crippen molar-refractivity contribution in [1.82, 2.24) is 4.98 Å². The normalized spacial score (nSPS) is 10.1. The molecule has 0 aliphatic rings. The van der Waals surface area contributed by atoms with Crippen LogP contribution in [0.25, 0.3) is 0 Å². The number of anilines is 1. The van der Waals surface area contributed by atoms with E-state index >= 15 is 0 Å². The van der Waals surface area contributed by atoms with Gasteiger partial charge in [-0.3, -0.25) is 4.79 Å². The number of nitrogens with one attached hydrogen (secondary N) is 1. The van der Waals surface area contributed by atoms with E-state index in [1.807, 2.05) is 0 Å². The minimum atomic E-state index is -0.405. The minimum absolute atomic E-state index is 0.0796. The zero-order valence-electron chi connectivity index (χ0n) is 9.02. The van der Waals surface area contributed by atoms with E-state index in [2.05, 4.69) is 10.3 Å². The molecule has 0 atom stereocenters. The fourth-order valence-corrected chi connectivity index (χ4v) is 1.65. The highest BCUT2D eigenvalue weighted by molar-refractivity contribution is 6.34. The van der Waals surface area contributed by atoms with Gasteiger partial charge in [0.05, 0.1) is 10.0 Å². The standard InChI is InChI=1S/C12H8Cl2N2O2/c13-8-2-1-5-15-11(8)16-12(18)7-3-4-10(17)9(14)6-7/h1-6,17H,(H,15,16,18). The van der Waals surface area contributed by atoms with Gasteiger partial charge in [-0.1, -0.05) is 23.2 Å². The quantitative estimate of drug-likeness (QED) is 0.888. The topological polar surface area (TPSA) is 62.2 Å². The number of halogens is 2. The van der Waals surface area contributed by atoms with Crippen molar-refractivity contribution in [2.45, 2.75) is 0 Å². The SMILES string of the molecule is O=C(Nc1ncccc1Cl)c1ccc(O)c(Cl)c1. The van der Waals surface area contributed by atoms with Gasteiger partial charge >= 0.3 is 0 Å². The molecule has 1 amide bonds. The summed E-state index contributed by atoms with van der Waals surface area (Å²) < 4.78 is 0. The van der Waals surface area contributed by atoms with Crippen LogP contribution >= 0.6 is 23.2 Å². The monoisotopic (exact) mass is 282 g/mol. The Morgan fingerprint density at radius 1 is 1.22 bits per heavy atom. The third kappa shape index (κ3) is 2.72. The average molecular weight is 283 g/mol. The molecule has 0 aliphatic heterocycles. The van der Waals surface area contributed by atoms with E-state index in [0.29, 0.717) is 10.6 Å². The second-order valence-corrected chi connectivity index (χ2v) is 4.27. The molecule has 92 valence electrons. The lowest BCUT2D eigenvalue weighted by atomic mass is 10.2. The zero-order chi connectivity index (χ0) is 13.1. The molecule has 1 aromatic carbocycles. The van der Waals surface area contributed by atoms with Gasteiger partial charge < -0.3 is 10.4 Å². The third-order valence-corrected chi connectivity index (χ3v) is 2.81. The van der Waals surface area contributed by atoms with E-state index in [9.17, 15) is 9.90 Å². The predicted octanol–water partition coefficient (Wildman–Crippen LogP) is 3.35. The smallest absolute Gasteiger partial charge is 0.256 e. The summed E-state index contributed by atoms with van der Waals surface area (Å²) in [5, 5.41) is 12.3. The molecule has 0 spiro atoms. The zero-order valence-corrected chi connectivity index (χ0v) is 10.5. The van der Waals surface area contributed by atoms with Crippen molar-refractivity contribution in [3.8, 4) is 5.75 Å². The molecule has 0 aliphatic carbocycles. The van der Waals surface area contributed by atoms with Crippen molar-refractivity contribution in [3.05, 3.63) is 52.1 Å². The van der Waals surface area contributed by atoms with Gasteiger partial charge in [-0.05, 0) is 30.3 Å². The number of amides is 1. The van der Waals surface area contributed by atoms with E-state index in [0.717, 1.165) is 0 Å². The van der Waals surface area contributed by atoms with E-state index in [1.54, 1.807) is 12.1 Å². The molecule has 0 fully saturated rings.